The molecule has 0 spiro atoms. The standard InChI is InChI=1S/C75H63FN2O/c1-73(2,3)54-33-41-60(42-34-54)77(59-37-29-52(30-38-59)50-19-10-7-11-20-50)63-45-46-64-66(48-63)75(56-23-14-9-15-24-56,57-25-18-26-58(76)47-57)67-49-68(71-65-27-16-17-28-69(65)79-72(71)70(64)67)78(62-43-35-55(36-44-62)74(4,5)6)61-39-31-53(32-40-61)51-21-12-8-13-22-51/h8-10,12-49H,7,11H2,1-6H3. The molecule has 0 saturated heterocycles. The molecule has 79 heavy (non-hydrogen) atoms. The summed E-state index contributed by atoms with van der Waals surface area (Å²) in [5.74, 6) is -0.299. The molecule has 0 amide bonds. The average molecular weight is 1030 g/mol. The molecule has 10 aromatic carbocycles. The molecule has 0 bridgehead atoms. The van der Waals surface area contributed by atoms with Crippen LogP contribution in [0.4, 0.5) is 38.5 Å². The molecule has 11 aromatic rings. The first-order chi connectivity index (χ1) is 38.3. The van der Waals surface area contributed by atoms with Crippen LogP contribution in [0, 0.1) is 5.82 Å². The van der Waals surface area contributed by atoms with Crippen molar-refractivity contribution in [1.29, 1.82) is 0 Å². The molecule has 4 heteroatoms. The van der Waals surface area contributed by atoms with E-state index in [-0.39, 0.29) is 16.6 Å². The van der Waals surface area contributed by atoms with Crippen LogP contribution in [-0.2, 0) is 16.2 Å². The number of hydrogen-bond acceptors (Lipinski definition) is 3. The van der Waals surface area contributed by atoms with Gasteiger partial charge in [-0.15, -0.1) is 0 Å². The first-order valence-corrected chi connectivity index (χ1v) is 27.7. The summed E-state index contributed by atoms with van der Waals surface area (Å²) in [5.41, 5.74) is 19.7. The highest BCUT2D eigenvalue weighted by atomic mass is 19.1. The van der Waals surface area contributed by atoms with E-state index in [1.807, 2.05) is 6.07 Å². The van der Waals surface area contributed by atoms with Gasteiger partial charge in [-0.2, -0.15) is 0 Å². The Bertz CT molecular complexity index is 4120. The number of allylic oxidation sites excluding steroid dienone is 4. The number of halogens is 1. The molecule has 0 N–H and O–H groups in total. The maximum atomic E-state index is 16.5. The van der Waals surface area contributed by atoms with Gasteiger partial charge in [-0.3, -0.25) is 0 Å². The van der Waals surface area contributed by atoms with Crippen molar-refractivity contribution in [3.8, 4) is 22.3 Å². The van der Waals surface area contributed by atoms with E-state index >= 15 is 4.39 Å². The van der Waals surface area contributed by atoms with E-state index < -0.39 is 5.41 Å². The van der Waals surface area contributed by atoms with Gasteiger partial charge in [0.2, 0.25) is 0 Å². The fourth-order valence-electron chi connectivity index (χ4n) is 12.3. The molecule has 1 atom stereocenters. The molecule has 1 aromatic heterocycles. The number of para-hydroxylation sites is 1. The highest BCUT2D eigenvalue weighted by Crippen LogP contribution is 2.62. The lowest BCUT2D eigenvalue weighted by atomic mass is 9.67. The van der Waals surface area contributed by atoms with Gasteiger partial charge in [-0.1, -0.05) is 205 Å². The molecule has 1 heterocycles. The highest BCUT2D eigenvalue weighted by molar-refractivity contribution is 6.19. The third-order valence-electron chi connectivity index (χ3n) is 16.3. The summed E-state index contributed by atoms with van der Waals surface area (Å²) < 4.78 is 23.8. The monoisotopic (exact) mass is 1030 g/mol. The van der Waals surface area contributed by atoms with Gasteiger partial charge >= 0.3 is 0 Å². The van der Waals surface area contributed by atoms with Crippen molar-refractivity contribution >= 4 is 61.6 Å². The first kappa shape index (κ1) is 49.6. The zero-order chi connectivity index (χ0) is 54.0. The molecular formula is C75H63FN2O. The number of nitrogens with zero attached hydrogens (tertiary/aromatic N) is 2. The summed E-state index contributed by atoms with van der Waals surface area (Å²) >= 11 is 0. The van der Waals surface area contributed by atoms with Crippen molar-refractivity contribution in [3.05, 3.63) is 294 Å². The van der Waals surface area contributed by atoms with Crippen LogP contribution in [0.2, 0.25) is 0 Å². The summed E-state index contributed by atoms with van der Waals surface area (Å²) in [6, 6.07) is 82.1. The second-order valence-electron chi connectivity index (χ2n) is 23.3. The van der Waals surface area contributed by atoms with Gasteiger partial charge in [0.1, 0.15) is 17.0 Å². The van der Waals surface area contributed by atoms with Gasteiger partial charge in [-0.05, 0) is 170 Å². The number of rotatable bonds is 10. The molecule has 2 aliphatic carbocycles. The van der Waals surface area contributed by atoms with Crippen molar-refractivity contribution in [2.75, 3.05) is 9.80 Å². The number of fused-ring (bicyclic) bond motifs is 7. The third-order valence-corrected chi connectivity index (χ3v) is 16.3. The van der Waals surface area contributed by atoms with Gasteiger partial charge < -0.3 is 14.2 Å². The van der Waals surface area contributed by atoms with Crippen LogP contribution in [0.5, 0.6) is 0 Å². The molecule has 2 aliphatic rings. The lowest BCUT2D eigenvalue weighted by Gasteiger charge is -2.36. The Balaban J connectivity index is 1.11. The second-order valence-corrected chi connectivity index (χ2v) is 23.3. The number of benzene rings is 10. The van der Waals surface area contributed by atoms with Crippen molar-refractivity contribution in [3.63, 3.8) is 0 Å². The van der Waals surface area contributed by atoms with Gasteiger partial charge in [0, 0.05) is 39.4 Å². The van der Waals surface area contributed by atoms with Crippen LogP contribution < -0.4 is 9.80 Å². The predicted octanol–water partition coefficient (Wildman–Crippen LogP) is 21.0. The zero-order valence-electron chi connectivity index (χ0n) is 45.8. The molecule has 1 unspecified atom stereocenters. The Morgan fingerprint density at radius 2 is 1.00 bits per heavy atom. The average Bonchev–Trinajstić information content (AvgIpc) is 3.44. The quantitative estimate of drug-likeness (QED) is 0.136. The molecule has 3 nitrogen and oxygen atoms in total. The van der Waals surface area contributed by atoms with Crippen molar-refractivity contribution in [2.24, 2.45) is 0 Å². The van der Waals surface area contributed by atoms with E-state index in [1.165, 1.54) is 22.3 Å². The van der Waals surface area contributed by atoms with Gasteiger partial charge in [0.25, 0.3) is 0 Å². The van der Waals surface area contributed by atoms with Crippen LogP contribution in [0.15, 0.2) is 253 Å². The minimum Gasteiger partial charge on any atom is -0.455 e. The largest absolute Gasteiger partial charge is 0.455 e. The third kappa shape index (κ3) is 8.67. The number of anilines is 6. The van der Waals surface area contributed by atoms with Crippen molar-refractivity contribution in [1.82, 2.24) is 0 Å². The van der Waals surface area contributed by atoms with Crippen LogP contribution in [0.25, 0.3) is 49.8 Å². The summed E-state index contributed by atoms with van der Waals surface area (Å²) in [6.07, 6.45) is 8.94. The Morgan fingerprint density at radius 1 is 0.456 bits per heavy atom. The maximum Gasteiger partial charge on any atom is 0.145 e. The zero-order valence-corrected chi connectivity index (χ0v) is 45.8. The molecule has 0 saturated carbocycles. The van der Waals surface area contributed by atoms with E-state index in [2.05, 4.69) is 282 Å². The summed E-state index contributed by atoms with van der Waals surface area (Å²) in [5, 5.41) is 2.02. The maximum absolute atomic E-state index is 16.5. The lowest BCUT2D eigenvalue weighted by molar-refractivity contribution is 0.590. The number of hydrogen-bond donors (Lipinski definition) is 0. The summed E-state index contributed by atoms with van der Waals surface area (Å²) in [4.78, 5) is 4.77. The number of furan rings is 1. The van der Waals surface area contributed by atoms with E-state index in [4.69, 9.17) is 4.42 Å². The summed E-state index contributed by atoms with van der Waals surface area (Å²) in [6.45, 7) is 13.5. The topological polar surface area (TPSA) is 19.6 Å². The van der Waals surface area contributed by atoms with Crippen LogP contribution in [-0.4, -0.2) is 0 Å². The van der Waals surface area contributed by atoms with Gasteiger partial charge in [-0.25, -0.2) is 4.39 Å². The van der Waals surface area contributed by atoms with Crippen molar-refractivity contribution < 1.29 is 8.81 Å². The van der Waals surface area contributed by atoms with E-state index in [0.717, 1.165) is 113 Å². The SMILES string of the molecule is CC(C)(C)c1ccc(N(c2ccc(C3=CCCC=C3)cc2)c2ccc3c(c2)C(c2ccccc2)(c2cccc(F)c2)c2cc(N(c4ccc(-c5ccccc5)cc4)c4ccc(C(C)(C)C)cc4)c4c(oc5ccccc54)c2-3)cc1. The molecule has 0 radical (unpaired) electrons. The minimum absolute atomic E-state index is 0.0241. The van der Waals surface area contributed by atoms with E-state index in [9.17, 15) is 0 Å². The highest BCUT2D eigenvalue weighted by Gasteiger charge is 2.49. The predicted molar refractivity (Wildman–Crippen MR) is 330 cm³/mol. The van der Waals surface area contributed by atoms with Crippen LogP contribution >= 0.6 is 0 Å². The Labute approximate surface area is 464 Å². The Morgan fingerprint density at radius 3 is 1.61 bits per heavy atom. The Hall–Kier alpha value is -8.99. The fourth-order valence-corrected chi connectivity index (χ4v) is 12.3. The Kier molecular flexibility index (Phi) is 12.2. The lowest BCUT2D eigenvalue weighted by Crippen LogP contribution is -2.29. The smallest absolute Gasteiger partial charge is 0.145 e. The second kappa shape index (κ2) is 19.5. The first-order valence-electron chi connectivity index (χ1n) is 27.7. The van der Waals surface area contributed by atoms with Crippen LogP contribution in [0.3, 0.4) is 0 Å². The molecule has 0 fully saturated rings. The molecule has 386 valence electrons. The fraction of sp³-hybridized carbons (Fsp3) is 0.147. The normalized spacial score (nSPS) is 15.0. The molecular weight excluding hydrogens is 964 g/mol. The molecule has 0 aliphatic heterocycles. The summed E-state index contributed by atoms with van der Waals surface area (Å²) in [7, 11) is 0. The molecule has 13 rings (SSSR count). The van der Waals surface area contributed by atoms with Gasteiger partial charge in [0.05, 0.1) is 16.5 Å². The van der Waals surface area contributed by atoms with Crippen molar-refractivity contribution in [2.45, 2.75) is 70.6 Å². The van der Waals surface area contributed by atoms with Gasteiger partial charge in [0.15, 0.2) is 0 Å². The van der Waals surface area contributed by atoms with E-state index in [0.29, 0.717) is 0 Å². The van der Waals surface area contributed by atoms with E-state index in [1.54, 1.807) is 12.1 Å². The van der Waals surface area contributed by atoms with Crippen LogP contribution in [0.1, 0.15) is 93.3 Å². The minimum atomic E-state index is -1.03.